The van der Waals surface area contributed by atoms with E-state index < -0.39 is 33.6 Å². The largest absolute Gasteiger partial charge is 0.444 e. The van der Waals surface area contributed by atoms with E-state index in [2.05, 4.69) is 14.1 Å². The Morgan fingerprint density at radius 1 is 1.07 bits per heavy atom. The third-order valence-corrected chi connectivity index (χ3v) is 8.85. The summed E-state index contributed by atoms with van der Waals surface area (Å²) in [4.78, 5) is 18.0. The molecule has 0 bridgehead atoms. The van der Waals surface area contributed by atoms with E-state index in [4.69, 9.17) is 4.74 Å². The summed E-state index contributed by atoms with van der Waals surface area (Å²) in [6.07, 6.45) is -1.74. The van der Waals surface area contributed by atoms with Gasteiger partial charge in [0.2, 0.25) is 5.13 Å². The van der Waals surface area contributed by atoms with Crippen molar-refractivity contribution in [2.75, 3.05) is 24.4 Å². The van der Waals surface area contributed by atoms with Crippen molar-refractivity contribution in [2.24, 2.45) is 0 Å². The van der Waals surface area contributed by atoms with Gasteiger partial charge in [-0.25, -0.2) is 14.5 Å². The Hall–Kier alpha value is -3.49. The van der Waals surface area contributed by atoms with Gasteiger partial charge in [0.25, 0.3) is 0 Å². The van der Waals surface area contributed by atoms with E-state index in [0.717, 1.165) is 40.4 Å². The first-order valence-corrected chi connectivity index (χ1v) is 15.0. The molecule has 1 aromatic heterocycles. The van der Waals surface area contributed by atoms with E-state index >= 15 is 0 Å². The van der Waals surface area contributed by atoms with Crippen LogP contribution in [0.2, 0.25) is 0 Å². The van der Waals surface area contributed by atoms with E-state index in [9.17, 15) is 26.4 Å². The van der Waals surface area contributed by atoms with Crippen LogP contribution in [-0.2, 0) is 34.1 Å². The second-order valence-electron chi connectivity index (χ2n) is 10.7. The SMILES string of the molecule is CC(C)(C)OC(=O)N1CC=C(c2cc(C(F)(F)F)ccc2-c2cccc3c2CCN(S(=O)(=O)Nc2ncns2)C3)C1. The number of halogens is 3. The van der Waals surface area contributed by atoms with E-state index in [-0.39, 0.29) is 31.3 Å². The molecule has 0 aliphatic carbocycles. The predicted octanol–water partition coefficient (Wildman–Crippen LogP) is 5.57. The van der Waals surface area contributed by atoms with Gasteiger partial charge in [-0.3, -0.25) is 0 Å². The lowest BCUT2D eigenvalue weighted by Crippen LogP contribution is -2.39. The maximum Gasteiger partial charge on any atom is 0.416 e. The van der Waals surface area contributed by atoms with Crippen molar-refractivity contribution in [2.45, 2.75) is 45.5 Å². The molecule has 3 aromatic rings. The summed E-state index contributed by atoms with van der Waals surface area (Å²) < 4.78 is 80.2. The van der Waals surface area contributed by atoms with Gasteiger partial charge in [-0.15, -0.1) is 0 Å². The van der Waals surface area contributed by atoms with Gasteiger partial charge < -0.3 is 9.64 Å². The van der Waals surface area contributed by atoms with Crippen molar-refractivity contribution in [3.63, 3.8) is 0 Å². The van der Waals surface area contributed by atoms with Crippen molar-refractivity contribution in [3.05, 3.63) is 71.1 Å². The second-order valence-corrected chi connectivity index (χ2v) is 13.2. The number of fused-ring (bicyclic) bond motifs is 1. The summed E-state index contributed by atoms with van der Waals surface area (Å²) >= 11 is 0.924. The molecule has 0 unspecified atom stereocenters. The van der Waals surface area contributed by atoms with Crippen LogP contribution in [0.15, 0.2) is 48.8 Å². The van der Waals surface area contributed by atoms with Gasteiger partial charge in [0.1, 0.15) is 11.9 Å². The van der Waals surface area contributed by atoms with Gasteiger partial charge in [-0.1, -0.05) is 30.3 Å². The molecule has 2 aliphatic rings. The lowest BCUT2D eigenvalue weighted by molar-refractivity contribution is -0.137. The quantitative estimate of drug-likeness (QED) is 0.407. The number of aromatic nitrogens is 2. The van der Waals surface area contributed by atoms with Crippen LogP contribution in [0.3, 0.4) is 0 Å². The topological polar surface area (TPSA) is 105 Å². The number of ether oxygens (including phenoxy) is 1. The van der Waals surface area contributed by atoms with E-state index in [0.29, 0.717) is 23.1 Å². The molecule has 9 nitrogen and oxygen atoms in total. The van der Waals surface area contributed by atoms with Gasteiger partial charge in [0.15, 0.2) is 0 Å². The van der Waals surface area contributed by atoms with Crippen LogP contribution >= 0.6 is 11.5 Å². The van der Waals surface area contributed by atoms with Gasteiger partial charge in [0.05, 0.1) is 5.56 Å². The Bertz CT molecular complexity index is 1600. The summed E-state index contributed by atoms with van der Waals surface area (Å²) in [6.45, 7) is 5.81. The summed E-state index contributed by atoms with van der Waals surface area (Å²) in [5, 5.41) is 0.157. The van der Waals surface area contributed by atoms with Crippen LogP contribution in [0.5, 0.6) is 0 Å². The van der Waals surface area contributed by atoms with Crippen molar-refractivity contribution in [1.29, 1.82) is 0 Å². The molecule has 0 spiro atoms. The number of benzene rings is 2. The fourth-order valence-electron chi connectivity index (χ4n) is 4.87. The van der Waals surface area contributed by atoms with Crippen LogP contribution < -0.4 is 4.72 Å². The Labute approximate surface area is 240 Å². The number of nitrogens with zero attached hydrogens (tertiary/aromatic N) is 4. The van der Waals surface area contributed by atoms with Crippen LogP contribution in [0.1, 0.15) is 43.0 Å². The first-order chi connectivity index (χ1) is 19.2. The number of hydrogen-bond donors (Lipinski definition) is 1. The Balaban J connectivity index is 1.48. The molecule has 0 atom stereocenters. The molecule has 0 radical (unpaired) electrons. The monoisotopic (exact) mass is 607 g/mol. The van der Waals surface area contributed by atoms with Gasteiger partial charge in [0, 0.05) is 37.7 Å². The Morgan fingerprint density at radius 2 is 1.85 bits per heavy atom. The Morgan fingerprint density at radius 3 is 2.54 bits per heavy atom. The maximum absolute atomic E-state index is 13.8. The average molecular weight is 608 g/mol. The molecule has 0 fully saturated rings. The predicted molar refractivity (Wildman–Crippen MR) is 149 cm³/mol. The number of anilines is 1. The number of carbonyl (C=O) groups excluding carboxylic acids is 1. The normalized spacial score (nSPS) is 16.3. The number of alkyl halides is 3. The molecule has 0 saturated carbocycles. The smallest absolute Gasteiger partial charge is 0.416 e. The van der Waals surface area contributed by atoms with E-state index in [1.54, 1.807) is 32.9 Å². The molecule has 2 aliphatic heterocycles. The number of nitrogens with one attached hydrogen (secondary N) is 1. The highest BCUT2D eigenvalue weighted by Gasteiger charge is 2.34. The van der Waals surface area contributed by atoms with E-state index in [1.807, 2.05) is 12.1 Å². The minimum absolute atomic E-state index is 0.0857. The molecule has 1 amide bonds. The zero-order valence-electron chi connectivity index (χ0n) is 22.5. The third kappa shape index (κ3) is 6.39. The fraction of sp³-hybridized carbons (Fsp3) is 0.370. The molecule has 218 valence electrons. The van der Waals surface area contributed by atoms with E-state index in [1.165, 1.54) is 21.6 Å². The zero-order chi connectivity index (χ0) is 29.6. The lowest BCUT2D eigenvalue weighted by Gasteiger charge is -2.30. The molecule has 0 saturated heterocycles. The van der Waals surface area contributed by atoms with Crippen molar-refractivity contribution >= 4 is 38.5 Å². The minimum Gasteiger partial charge on any atom is -0.444 e. The van der Waals surface area contributed by atoms with Gasteiger partial charge >= 0.3 is 22.5 Å². The zero-order valence-corrected chi connectivity index (χ0v) is 24.2. The molecule has 2 aromatic carbocycles. The molecule has 41 heavy (non-hydrogen) atoms. The van der Waals surface area contributed by atoms with Crippen molar-refractivity contribution in [1.82, 2.24) is 18.6 Å². The Kier molecular flexibility index (Phi) is 7.59. The van der Waals surface area contributed by atoms with Crippen molar-refractivity contribution < 1.29 is 31.1 Å². The first-order valence-electron chi connectivity index (χ1n) is 12.8. The van der Waals surface area contributed by atoms with Crippen LogP contribution in [0.4, 0.5) is 23.1 Å². The maximum atomic E-state index is 13.8. The number of hydrogen-bond acceptors (Lipinski definition) is 7. The number of amides is 1. The summed E-state index contributed by atoms with van der Waals surface area (Å²) in [5.41, 5.74) is 2.35. The second kappa shape index (κ2) is 10.7. The molecule has 14 heteroatoms. The van der Waals surface area contributed by atoms with Crippen molar-refractivity contribution in [3.8, 4) is 11.1 Å². The minimum atomic E-state index is -4.55. The summed E-state index contributed by atoms with van der Waals surface area (Å²) in [6, 6.07) is 9.02. The van der Waals surface area contributed by atoms with Gasteiger partial charge in [-0.2, -0.15) is 30.3 Å². The molecule has 3 heterocycles. The first kappa shape index (κ1) is 29.0. The highest BCUT2D eigenvalue weighted by molar-refractivity contribution is 7.90. The van der Waals surface area contributed by atoms with Gasteiger partial charge in [-0.05, 0) is 72.7 Å². The summed E-state index contributed by atoms with van der Waals surface area (Å²) in [5.74, 6) is 0. The highest BCUT2D eigenvalue weighted by atomic mass is 32.2. The summed E-state index contributed by atoms with van der Waals surface area (Å²) in [7, 11) is -3.89. The number of rotatable bonds is 5. The molecule has 1 N–H and O–H groups in total. The molecule has 5 rings (SSSR count). The lowest BCUT2D eigenvalue weighted by atomic mass is 9.86. The highest BCUT2D eigenvalue weighted by Crippen LogP contribution is 2.40. The van der Waals surface area contributed by atoms with Crippen LogP contribution in [0, 0.1) is 0 Å². The fourth-order valence-corrected chi connectivity index (χ4v) is 6.67. The number of carbonyl (C=O) groups is 1. The third-order valence-electron chi connectivity index (χ3n) is 6.70. The molecular weight excluding hydrogens is 579 g/mol. The molecular formula is C27H28F3N5O4S2. The standard InChI is InChI=1S/C27H28F3N5O4S2/c1-26(2,3)39-25(36)34-11-9-18(14-34)23-13-19(27(28,29)30)7-8-22(23)21-6-4-5-17-15-35(12-10-20(17)21)41(37,38)33-24-31-16-32-40-24/h4-9,13,16H,10-12,14-15H2,1-3H3,(H,31,32,33). The average Bonchev–Trinajstić information content (AvgIpc) is 3.58. The van der Waals surface area contributed by atoms with Crippen LogP contribution in [-0.4, -0.2) is 58.3 Å². The van der Waals surface area contributed by atoms with Crippen LogP contribution in [0.25, 0.3) is 16.7 Å².